The van der Waals surface area contributed by atoms with Gasteiger partial charge in [-0.1, -0.05) is 13.8 Å². The fraction of sp³-hybridized carbons (Fsp3) is 0.667. The molecule has 0 rings (SSSR count). The van der Waals surface area contributed by atoms with Crippen molar-refractivity contribution in [2.75, 3.05) is 6.54 Å². The van der Waals surface area contributed by atoms with Crippen molar-refractivity contribution >= 4 is 29.6 Å². The molecule has 0 fully saturated rings. The average molecular weight is 386 g/mol. The molecule has 0 bridgehead atoms. The molecule has 0 saturated heterocycles. The van der Waals surface area contributed by atoms with Crippen LogP contribution in [0.1, 0.15) is 33.1 Å². The zero-order valence-corrected chi connectivity index (χ0v) is 15.6. The SMILES string of the molecule is CC(C)C(NC(=O)C(CCCN=C(N)N)NC(=O)C(N)CC(N)=O)C(N)=O. The fourth-order valence-corrected chi connectivity index (χ4v) is 2.18. The van der Waals surface area contributed by atoms with Crippen molar-refractivity contribution < 1.29 is 19.2 Å². The van der Waals surface area contributed by atoms with Crippen molar-refractivity contribution in [3.05, 3.63) is 0 Å². The summed E-state index contributed by atoms with van der Waals surface area (Å²) in [5.41, 5.74) is 26.4. The summed E-state index contributed by atoms with van der Waals surface area (Å²) in [6, 6.07) is -3.13. The summed E-state index contributed by atoms with van der Waals surface area (Å²) in [6.07, 6.45) is 0.162. The Labute approximate surface area is 157 Å². The Balaban J connectivity index is 5.12. The highest BCUT2D eigenvalue weighted by Crippen LogP contribution is 2.05. The molecule has 0 aliphatic carbocycles. The number of aliphatic imine (C=N–C) groups is 1. The zero-order chi connectivity index (χ0) is 21.1. The van der Waals surface area contributed by atoms with Crippen LogP contribution in [0.25, 0.3) is 0 Å². The van der Waals surface area contributed by atoms with Crippen LogP contribution in [0.2, 0.25) is 0 Å². The van der Waals surface area contributed by atoms with Crippen LogP contribution in [0.15, 0.2) is 4.99 Å². The van der Waals surface area contributed by atoms with E-state index < -0.39 is 41.8 Å². The largest absolute Gasteiger partial charge is 0.370 e. The van der Waals surface area contributed by atoms with Crippen molar-refractivity contribution in [2.45, 2.75) is 51.2 Å². The van der Waals surface area contributed by atoms with Gasteiger partial charge in [0, 0.05) is 6.54 Å². The quantitative estimate of drug-likeness (QED) is 0.101. The van der Waals surface area contributed by atoms with E-state index in [9.17, 15) is 19.2 Å². The standard InChI is InChI=1S/C15H30N8O4/c1-7(2)11(12(18)25)23-14(27)9(4-3-5-21-15(19)20)22-13(26)8(16)6-10(17)24/h7-9,11H,3-6,16H2,1-2H3,(H2,17,24)(H2,18,25)(H,22,26)(H,23,27)(H4,19,20,21). The lowest BCUT2D eigenvalue weighted by atomic mass is 10.0. The van der Waals surface area contributed by atoms with E-state index in [1.807, 2.05) is 0 Å². The Morgan fingerprint density at radius 2 is 1.56 bits per heavy atom. The molecule has 27 heavy (non-hydrogen) atoms. The number of carbonyl (C=O) groups is 4. The van der Waals surface area contributed by atoms with Crippen molar-refractivity contribution in [1.82, 2.24) is 10.6 Å². The molecule has 4 amide bonds. The maximum absolute atomic E-state index is 12.5. The number of nitrogens with two attached hydrogens (primary N) is 5. The maximum atomic E-state index is 12.5. The Morgan fingerprint density at radius 3 is 2.00 bits per heavy atom. The minimum atomic E-state index is -1.20. The smallest absolute Gasteiger partial charge is 0.243 e. The molecule has 0 aliphatic heterocycles. The molecular weight excluding hydrogens is 356 g/mol. The summed E-state index contributed by atoms with van der Waals surface area (Å²) in [5, 5.41) is 4.95. The highest BCUT2D eigenvalue weighted by atomic mass is 16.2. The number of hydrogen-bond donors (Lipinski definition) is 7. The molecule has 0 aromatic rings. The van der Waals surface area contributed by atoms with E-state index in [0.717, 1.165) is 0 Å². The molecule has 12 N–H and O–H groups in total. The molecule has 3 unspecified atom stereocenters. The van der Waals surface area contributed by atoms with Crippen LogP contribution in [0.4, 0.5) is 0 Å². The lowest BCUT2D eigenvalue weighted by Crippen LogP contribution is -2.56. The lowest BCUT2D eigenvalue weighted by Gasteiger charge is -2.24. The number of primary amides is 2. The topological polar surface area (TPSA) is 235 Å². The maximum Gasteiger partial charge on any atom is 0.243 e. The molecule has 12 nitrogen and oxygen atoms in total. The third kappa shape index (κ3) is 9.99. The molecule has 0 heterocycles. The van der Waals surface area contributed by atoms with Gasteiger partial charge < -0.3 is 39.3 Å². The summed E-state index contributed by atoms with van der Waals surface area (Å²) in [5.74, 6) is -3.14. The number of nitrogens with one attached hydrogen (secondary N) is 2. The van der Waals surface area contributed by atoms with E-state index in [0.29, 0.717) is 6.42 Å². The van der Waals surface area contributed by atoms with Gasteiger partial charge in [-0.3, -0.25) is 24.2 Å². The highest BCUT2D eigenvalue weighted by Gasteiger charge is 2.28. The van der Waals surface area contributed by atoms with E-state index in [1.54, 1.807) is 13.8 Å². The predicted octanol–water partition coefficient (Wildman–Crippen LogP) is -3.65. The second-order valence-electron chi connectivity index (χ2n) is 6.42. The van der Waals surface area contributed by atoms with Crippen LogP contribution in [0.3, 0.4) is 0 Å². The van der Waals surface area contributed by atoms with E-state index in [4.69, 9.17) is 28.7 Å². The first-order valence-electron chi connectivity index (χ1n) is 8.45. The van der Waals surface area contributed by atoms with Gasteiger partial charge in [0.05, 0.1) is 12.5 Å². The Morgan fingerprint density at radius 1 is 0.963 bits per heavy atom. The number of amides is 4. The van der Waals surface area contributed by atoms with Gasteiger partial charge in [-0.05, 0) is 18.8 Å². The van der Waals surface area contributed by atoms with Crippen LogP contribution in [-0.2, 0) is 19.2 Å². The molecule has 3 atom stereocenters. The van der Waals surface area contributed by atoms with Gasteiger partial charge in [0.1, 0.15) is 12.1 Å². The second-order valence-corrected chi connectivity index (χ2v) is 6.42. The minimum absolute atomic E-state index is 0.0999. The molecular formula is C15H30N8O4. The van der Waals surface area contributed by atoms with Gasteiger partial charge in [0.15, 0.2) is 5.96 Å². The number of rotatable bonds is 12. The molecule has 0 aromatic carbocycles. The third-order valence-corrected chi connectivity index (χ3v) is 3.61. The first-order chi connectivity index (χ1) is 12.5. The van der Waals surface area contributed by atoms with Crippen LogP contribution in [-0.4, -0.2) is 54.3 Å². The molecule has 154 valence electrons. The molecule has 0 radical (unpaired) electrons. The van der Waals surface area contributed by atoms with Crippen LogP contribution in [0.5, 0.6) is 0 Å². The van der Waals surface area contributed by atoms with E-state index >= 15 is 0 Å². The summed E-state index contributed by atoms with van der Waals surface area (Å²) in [4.78, 5) is 50.8. The van der Waals surface area contributed by atoms with Crippen molar-refractivity contribution in [3.63, 3.8) is 0 Å². The second kappa shape index (κ2) is 11.7. The Kier molecular flexibility index (Phi) is 10.4. The van der Waals surface area contributed by atoms with Crippen molar-refractivity contribution in [2.24, 2.45) is 39.6 Å². The summed E-state index contributed by atoms with van der Waals surface area (Å²) in [7, 11) is 0. The summed E-state index contributed by atoms with van der Waals surface area (Å²) < 4.78 is 0. The van der Waals surface area contributed by atoms with Gasteiger partial charge >= 0.3 is 0 Å². The van der Waals surface area contributed by atoms with Crippen LogP contribution >= 0.6 is 0 Å². The van der Waals surface area contributed by atoms with Gasteiger partial charge in [-0.25, -0.2) is 0 Å². The molecule has 0 spiro atoms. The monoisotopic (exact) mass is 386 g/mol. The van der Waals surface area contributed by atoms with Gasteiger partial charge in [0.25, 0.3) is 0 Å². The lowest BCUT2D eigenvalue weighted by molar-refractivity contribution is -0.133. The first-order valence-corrected chi connectivity index (χ1v) is 8.45. The average Bonchev–Trinajstić information content (AvgIpc) is 2.53. The number of hydrogen-bond acceptors (Lipinski definition) is 6. The van der Waals surface area contributed by atoms with Crippen LogP contribution in [0, 0.1) is 5.92 Å². The predicted molar refractivity (Wildman–Crippen MR) is 99.6 cm³/mol. The Bertz CT molecular complexity index is 574. The first kappa shape index (κ1) is 24.1. The Hall–Kier alpha value is -2.89. The molecule has 0 aliphatic rings. The van der Waals surface area contributed by atoms with E-state index in [2.05, 4.69) is 15.6 Å². The number of guanidine groups is 1. The fourth-order valence-electron chi connectivity index (χ4n) is 2.18. The normalized spacial score (nSPS) is 13.9. The van der Waals surface area contributed by atoms with E-state index in [-0.39, 0.29) is 31.3 Å². The van der Waals surface area contributed by atoms with Gasteiger partial charge in [0.2, 0.25) is 23.6 Å². The number of nitrogens with zero attached hydrogens (tertiary/aromatic N) is 1. The van der Waals surface area contributed by atoms with Gasteiger partial charge in [-0.15, -0.1) is 0 Å². The van der Waals surface area contributed by atoms with Crippen LogP contribution < -0.4 is 39.3 Å². The highest BCUT2D eigenvalue weighted by molar-refractivity contribution is 5.94. The van der Waals surface area contributed by atoms with Crippen molar-refractivity contribution in [3.8, 4) is 0 Å². The molecule has 12 heteroatoms. The molecule has 0 aromatic heterocycles. The zero-order valence-electron chi connectivity index (χ0n) is 15.6. The summed E-state index contributed by atoms with van der Waals surface area (Å²) >= 11 is 0. The van der Waals surface area contributed by atoms with E-state index in [1.165, 1.54) is 0 Å². The summed E-state index contributed by atoms with van der Waals surface area (Å²) in [6.45, 7) is 3.66. The molecule has 0 saturated carbocycles. The third-order valence-electron chi connectivity index (χ3n) is 3.61. The van der Waals surface area contributed by atoms with Gasteiger partial charge in [-0.2, -0.15) is 0 Å². The van der Waals surface area contributed by atoms with Crippen molar-refractivity contribution in [1.29, 1.82) is 0 Å². The number of carbonyl (C=O) groups excluding carboxylic acids is 4. The minimum Gasteiger partial charge on any atom is -0.370 e.